The third kappa shape index (κ3) is 2.15. The first kappa shape index (κ1) is 12.3. The number of carbonyl (C=O) groups excluding carboxylic acids is 1. The second-order valence-corrected chi connectivity index (χ2v) is 6.74. The Morgan fingerprint density at radius 3 is 2.59 bits per heavy atom. The number of fused-ring (bicyclic) bond motifs is 1. The molecule has 1 aromatic carbocycles. The number of ether oxygens (including phenoxy) is 1. The van der Waals surface area contributed by atoms with Crippen LogP contribution in [-0.2, 0) is 13.8 Å². The molecule has 0 bridgehead atoms. The van der Waals surface area contributed by atoms with Gasteiger partial charge in [0.1, 0.15) is 9.77 Å². The Bertz CT molecular complexity index is 687. The lowest BCUT2D eigenvalue weighted by Crippen LogP contribution is -2.03. The van der Waals surface area contributed by atoms with E-state index >= 15 is 0 Å². The number of methoxy groups -OCH3 is 1. The summed E-state index contributed by atoms with van der Waals surface area (Å²) in [7, 11) is 2.56. The minimum absolute atomic E-state index is 0.00343. The molecule has 0 amide bonds. The molecule has 1 heterocycles. The van der Waals surface area contributed by atoms with Crippen molar-refractivity contribution in [1.29, 1.82) is 0 Å². The second-order valence-electron chi connectivity index (χ2n) is 3.19. The van der Waals surface area contributed by atoms with E-state index in [0.29, 0.717) is 10.1 Å². The molecule has 4 nitrogen and oxygen atoms in total. The van der Waals surface area contributed by atoms with Crippen molar-refractivity contribution in [3.63, 3.8) is 0 Å². The Morgan fingerprint density at radius 1 is 1.35 bits per heavy atom. The molecule has 0 saturated carbocycles. The normalized spacial score (nSPS) is 11.6. The van der Waals surface area contributed by atoms with Crippen molar-refractivity contribution in [2.75, 3.05) is 7.11 Å². The van der Waals surface area contributed by atoms with Gasteiger partial charge in [0, 0.05) is 20.8 Å². The number of hydrogen-bond acceptors (Lipinski definition) is 5. The maximum Gasteiger partial charge on any atom is 0.349 e. The van der Waals surface area contributed by atoms with Gasteiger partial charge in [0.15, 0.2) is 0 Å². The van der Waals surface area contributed by atoms with Gasteiger partial charge in [-0.1, -0.05) is 18.2 Å². The molecule has 0 N–H and O–H groups in total. The molecule has 2 aromatic rings. The molecular formula is C10H7ClO4S2. The number of halogens is 1. The van der Waals surface area contributed by atoms with Gasteiger partial charge in [0.25, 0.3) is 9.05 Å². The molecule has 1 aromatic heterocycles. The average Bonchev–Trinajstić information content (AvgIpc) is 2.66. The first-order valence-electron chi connectivity index (χ1n) is 4.49. The van der Waals surface area contributed by atoms with Crippen molar-refractivity contribution >= 4 is 47.1 Å². The van der Waals surface area contributed by atoms with Gasteiger partial charge in [0.05, 0.1) is 7.11 Å². The maximum atomic E-state index is 11.5. The van der Waals surface area contributed by atoms with Crippen molar-refractivity contribution in [3.05, 3.63) is 29.1 Å². The fourth-order valence-corrected chi connectivity index (χ4v) is 4.39. The molecule has 0 radical (unpaired) electrons. The van der Waals surface area contributed by atoms with E-state index in [0.717, 1.165) is 11.3 Å². The first-order valence-corrected chi connectivity index (χ1v) is 7.62. The lowest BCUT2D eigenvalue weighted by atomic mass is 10.2. The lowest BCUT2D eigenvalue weighted by molar-refractivity contribution is 0.0602. The first-order chi connectivity index (χ1) is 7.95. The fourth-order valence-electron chi connectivity index (χ4n) is 1.49. The summed E-state index contributed by atoms with van der Waals surface area (Å²) in [6, 6.07) is 6.76. The summed E-state index contributed by atoms with van der Waals surface area (Å²) in [4.78, 5) is 11.3. The van der Waals surface area contributed by atoms with Crippen molar-refractivity contribution in [1.82, 2.24) is 0 Å². The molecule has 0 saturated heterocycles. The van der Waals surface area contributed by atoms with Crippen LogP contribution in [0.25, 0.3) is 10.1 Å². The topological polar surface area (TPSA) is 60.4 Å². The highest BCUT2D eigenvalue weighted by molar-refractivity contribution is 8.14. The van der Waals surface area contributed by atoms with Crippen molar-refractivity contribution < 1.29 is 17.9 Å². The molecular weight excluding hydrogens is 284 g/mol. The van der Waals surface area contributed by atoms with Gasteiger partial charge < -0.3 is 4.74 Å². The fraction of sp³-hybridized carbons (Fsp3) is 0.100. The van der Waals surface area contributed by atoms with E-state index in [1.54, 1.807) is 24.3 Å². The predicted octanol–water partition coefficient (Wildman–Crippen LogP) is 2.62. The molecule has 0 aliphatic carbocycles. The number of esters is 1. The monoisotopic (exact) mass is 290 g/mol. The molecule has 0 spiro atoms. The van der Waals surface area contributed by atoms with E-state index in [4.69, 9.17) is 10.7 Å². The highest BCUT2D eigenvalue weighted by atomic mass is 35.7. The summed E-state index contributed by atoms with van der Waals surface area (Å²) in [5.74, 6) is -0.703. The smallest absolute Gasteiger partial charge is 0.349 e. The van der Waals surface area contributed by atoms with E-state index in [2.05, 4.69) is 4.74 Å². The summed E-state index contributed by atoms with van der Waals surface area (Å²) >= 11 is 1.05. The minimum atomic E-state index is -3.99. The van der Waals surface area contributed by atoms with Gasteiger partial charge in [-0.05, 0) is 6.07 Å². The quantitative estimate of drug-likeness (QED) is 0.630. The predicted molar refractivity (Wildman–Crippen MR) is 66.2 cm³/mol. The van der Waals surface area contributed by atoms with Crippen LogP contribution < -0.4 is 0 Å². The van der Waals surface area contributed by atoms with Crippen LogP contribution in [0.2, 0.25) is 0 Å². The number of hydrogen-bond donors (Lipinski definition) is 0. The van der Waals surface area contributed by atoms with Gasteiger partial charge in [-0.3, -0.25) is 0 Å². The largest absolute Gasteiger partial charge is 0.465 e. The third-order valence-corrected chi connectivity index (χ3v) is 4.82. The van der Waals surface area contributed by atoms with Crippen LogP contribution in [0.3, 0.4) is 0 Å². The van der Waals surface area contributed by atoms with Crippen LogP contribution in [0, 0.1) is 0 Å². The Morgan fingerprint density at radius 2 is 2.00 bits per heavy atom. The molecule has 0 fully saturated rings. The van der Waals surface area contributed by atoms with Crippen LogP contribution >= 0.6 is 22.0 Å². The van der Waals surface area contributed by atoms with Crippen molar-refractivity contribution in [2.45, 2.75) is 4.90 Å². The van der Waals surface area contributed by atoms with E-state index in [-0.39, 0.29) is 9.77 Å². The molecule has 7 heteroatoms. The van der Waals surface area contributed by atoms with E-state index in [9.17, 15) is 13.2 Å². The highest BCUT2D eigenvalue weighted by Crippen LogP contribution is 2.36. The van der Waals surface area contributed by atoms with Crippen LogP contribution in [0.1, 0.15) is 9.67 Å². The molecule has 17 heavy (non-hydrogen) atoms. The summed E-state index contributed by atoms with van der Waals surface area (Å²) < 4.78 is 28.3. The van der Waals surface area contributed by atoms with E-state index in [1.165, 1.54) is 7.11 Å². The van der Waals surface area contributed by atoms with Gasteiger partial charge in [0.2, 0.25) is 0 Å². The standard InChI is InChI=1S/C10H7ClO4S2/c1-15-10(12)8-9(17(11,13)14)6-4-2-3-5-7(6)16-8/h2-5H,1H3. The number of carbonyl (C=O) groups is 1. The Kier molecular flexibility index (Phi) is 3.11. The molecule has 0 aliphatic heterocycles. The molecule has 0 unspecified atom stereocenters. The number of thiophene rings is 1. The van der Waals surface area contributed by atoms with Crippen LogP contribution in [0.4, 0.5) is 0 Å². The molecule has 0 aliphatic rings. The Labute approximate surface area is 106 Å². The van der Waals surface area contributed by atoms with Crippen LogP contribution in [-0.4, -0.2) is 21.5 Å². The van der Waals surface area contributed by atoms with E-state index < -0.39 is 15.0 Å². The number of benzene rings is 1. The SMILES string of the molecule is COC(=O)c1sc2ccccc2c1S(=O)(=O)Cl. The second kappa shape index (κ2) is 4.29. The third-order valence-electron chi connectivity index (χ3n) is 2.16. The van der Waals surface area contributed by atoms with Gasteiger partial charge >= 0.3 is 5.97 Å². The Hall–Kier alpha value is -1.11. The molecule has 90 valence electrons. The van der Waals surface area contributed by atoms with E-state index in [1.807, 2.05) is 0 Å². The number of rotatable bonds is 2. The molecule has 2 rings (SSSR count). The van der Waals surface area contributed by atoms with Gasteiger partial charge in [-0.25, -0.2) is 13.2 Å². The summed E-state index contributed by atoms with van der Waals surface area (Å²) in [5, 5.41) is 0.438. The van der Waals surface area contributed by atoms with Gasteiger partial charge in [-0.2, -0.15) is 0 Å². The Balaban J connectivity index is 2.89. The van der Waals surface area contributed by atoms with Gasteiger partial charge in [-0.15, -0.1) is 11.3 Å². The zero-order valence-electron chi connectivity index (χ0n) is 8.64. The summed E-state index contributed by atoms with van der Waals surface area (Å²) in [5.41, 5.74) is 0. The van der Waals surface area contributed by atoms with Crippen LogP contribution in [0.15, 0.2) is 29.2 Å². The molecule has 0 atom stereocenters. The van der Waals surface area contributed by atoms with Crippen molar-refractivity contribution in [3.8, 4) is 0 Å². The zero-order valence-corrected chi connectivity index (χ0v) is 11.0. The highest BCUT2D eigenvalue weighted by Gasteiger charge is 2.27. The summed E-state index contributed by atoms with van der Waals surface area (Å²) in [6.45, 7) is 0. The zero-order chi connectivity index (χ0) is 12.6. The minimum Gasteiger partial charge on any atom is -0.465 e. The lowest BCUT2D eigenvalue weighted by Gasteiger charge is -1.98. The summed E-state index contributed by atoms with van der Waals surface area (Å²) in [6.07, 6.45) is 0. The van der Waals surface area contributed by atoms with Crippen molar-refractivity contribution in [2.24, 2.45) is 0 Å². The maximum absolute atomic E-state index is 11.5. The average molecular weight is 291 g/mol. The van der Waals surface area contributed by atoms with Crippen LogP contribution in [0.5, 0.6) is 0 Å².